The third kappa shape index (κ3) is 3.95. The number of hydrogen-bond donors (Lipinski definition) is 2. The molecule has 0 amide bonds. The van der Waals surface area contributed by atoms with E-state index in [1.165, 1.54) is 70.8 Å². The van der Waals surface area contributed by atoms with Gasteiger partial charge in [-0.15, -0.1) is 0 Å². The van der Waals surface area contributed by atoms with E-state index in [9.17, 15) is 0 Å². The van der Waals surface area contributed by atoms with Crippen molar-refractivity contribution in [1.82, 2.24) is 10.6 Å². The van der Waals surface area contributed by atoms with Gasteiger partial charge in [-0.2, -0.15) is 0 Å². The summed E-state index contributed by atoms with van der Waals surface area (Å²) in [5.74, 6) is 1.95. The van der Waals surface area contributed by atoms with Crippen LogP contribution in [0.3, 0.4) is 0 Å². The second-order valence-corrected chi connectivity index (χ2v) is 7.36. The average Bonchev–Trinajstić information content (AvgIpc) is 3.24. The molecule has 0 radical (unpaired) electrons. The Bertz CT molecular complexity index is 268. The monoisotopic (exact) mass is 264 g/mol. The first-order valence-electron chi connectivity index (χ1n) is 8.82. The molecule has 0 aromatic rings. The SMILES string of the molecule is CC(CC1CC1)NC1CCCCC1C1CCCCN1. The standard InChI is InChI=1S/C17H32N2/c1-13(12-14-9-10-14)19-17-8-3-2-6-15(17)16-7-4-5-11-18-16/h13-19H,2-12H2,1H3. The van der Waals surface area contributed by atoms with Crippen LogP contribution in [0.5, 0.6) is 0 Å². The Morgan fingerprint density at radius 3 is 2.53 bits per heavy atom. The highest BCUT2D eigenvalue weighted by Gasteiger charge is 2.33. The molecule has 0 aromatic heterocycles. The highest BCUT2D eigenvalue weighted by molar-refractivity contribution is 4.92. The summed E-state index contributed by atoms with van der Waals surface area (Å²) in [5, 5.41) is 7.80. The molecule has 3 rings (SSSR count). The summed E-state index contributed by atoms with van der Waals surface area (Å²) in [6.07, 6.45) is 14.4. The molecule has 19 heavy (non-hydrogen) atoms. The van der Waals surface area contributed by atoms with Gasteiger partial charge in [0.15, 0.2) is 0 Å². The lowest BCUT2D eigenvalue weighted by molar-refractivity contribution is 0.171. The molecule has 0 bridgehead atoms. The fourth-order valence-electron chi connectivity index (χ4n) is 4.38. The summed E-state index contributed by atoms with van der Waals surface area (Å²) in [4.78, 5) is 0. The molecule has 3 aliphatic rings. The van der Waals surface area contributed by atoms with Gasteiger partial charge < -0.3 is 10.6 Å². The van der Waals surface area contributed by atoms with Crippen LogP contribution in [0, 0.1) is 11.8 Å². The van der Waals surface area contributed by atoms with E-state index in [0.29, 0.717) is 0 Å². The summed E-state index contributed by atoms with van der Waals surface area (Å²) in [5.41, 5.74) is 0. The van der Waals surface area contributed by atoms with E-state index in [1.54, 1.807) is 0 Å². The molecule has 2 nitrogen and oxygen atoms in total. The van der Waals surface area contributed by atoms with Crippen LogP contribution in [-0.4, -0.2) is 24.7 Å². The van der Waals surface area contributed by atoms with Crippen LogP contribution in [-0.2, 0) is 0 Å². The van der Waals surface area contributed by atoms with Crippen molar-refractivity contribution in [3.8, 4) is 0 Å². The third-order valence-electron chi connectivity index (χ3n) is 5.57. The largest absolute Gasteiger partial charge is 0.314 e. The van der Waals surface area contributed by atoms with Crippen molar-refractivity contribution in [2.45, 2.75) is 89.3 Å². The Morgan fingerprint density at radius 2 is 1.79 bits per heavy atom. The molecule has 1 aliphatic heterocycles. The molecule has 4 unspecified atom stereocenters. The molecule has 4 atom stereocenters. The highest BCUT2D eigenvalue weighted by atomic mass is 15.0. The van der Waals surface area contributed by atoms with Gasteiger partial charge in [0, 0.05) is 18.1 Å². The predicted octanol–water partition coefficient (Wildman–Crippen LogP) is 3.47. The van der Waals surface area contributed by atoms with Gasteiger partial charge in [-0.1, -0.05) is 32.1 Å². The van der Waals surface area contributed by atoms with E-state index in [1.807, 2.05) is 0 Å². The summed E-state index contributed by atoms with van der Waals surface area (Å²) >= 11 is 0. The Hall–Kier alpha value is -0.0800. The van der Waals surface area contributed by atoms with Crippen molar-refractivity contribution in [1.29, 1.82) is 0 Å². The highest BCUT2D eigenvalue weighted by Crippen LogP contribution is 2.35. The van der Waals surface area contributed by atoms with Crippen molar-refractivity contribution >= 4 is 0 Å². The van der Waals surface area contributed by atoms with Gasteiger partial charge >= 0.3 is 0 Å². The zero-order chi connectivity index (χ0) is 13.1. The van der Waals surface area contributed by atoms with Gasteiger partial charge in [-0.05, 0) is 57.4 Å². The van der Waals surface area contributed by atoms with Crippen molar-refractivity contribution in [3.05, 3.63) is 0 Å². The molecular formula is C17H32N2. The minimum absolute atomic E-state index is 0.738. The van der Waals surface area contributed by atoms with E-state index in [2.05, 4.69) is 17.6 Å². The van der Waals surface area contributed by atoms with Crippen LogP contribution < -0.4 is 10.6 Å². The van der Waals surface area contributed by atoms with E-state index in [4.69, 9.17) is 0 Å². The van der Waals surface area contributed by atoms with Gasteiger partial charge in [0.25, 0.3) is 0 Å². The second-order valence-electron chi connectivity index (χ2n) is 7.36. The van der Waals surface area contributed by atoms with E-state index < -0.39 is 0 Å². The molecular weight excluding hydrogens is 232 g/mol. The van der Waals surface area contributed by atoms with Crippen molar-refractivity contribution in [2.75, 3.05) is 6.54 Å². The van der Waals surface area contributed by atoms with Crippen molar-refractivity contribution in [3.63, 3.8) is 0 Å². The normalized spacial score (nSPS) is 38.1. The number of hydrogen-bond acceptors (Lipinski definition) is 2. The minimum atomic E-state index is 0.738. The first kappa shape index (κ1) is 13.9. The Morgan fingerprint density at radius 1 is 1.00 bits per heavy atom. The van der Waals surface area contributed by atoms with Crippen LogP contribution in [0.1, 0.15) is 71.1 Å². The third-order valence-corrected chi connectivity index (χ3v) is 5.57. The van der Waals surface area contributed by atoms with Gasteiger partial charge in [-0.25, -0.2) is 0 Å². The van der Waals surface area contributed by atoms with E-state index in [-0.39, 0.29) is 0 Å². The molecule has 0 spiro atoms. The summed E-state index contributed by atoms with van der Waals surface area (Å²) < 4.78 is 0. The maximum atomic E-state index is 4.00. The first-order valence-corrected chi connectivity index (χ1v) is 8.82. The molecule has 2 heteroatoms. The Balaban J connectivity index is 1.53. The second kappa shape index (κ2) is 6.58. The predicted molar refractivity (Wildman–Crippen MR) is 81.3 cm³/mol. The molecule has 2 aliphatic carbocycles. The van der Waals surface area contributed by atoms with E-state index >= 15 is 0 Å². The van der Waals surface area contributed by atoms with Crippen LogP contribution >= 0.6 is 0 Å². The number of piperidine rings is 1. The van der Waals surface area contributed by atoms with Gasteiger partial charge in [0.05, 0.1) is 0 Å². The van der Waals surface area contributed by atoms with Crippen molar-refractivity contribution < 1.29 is 0 Å². The zero-order valence-corrected chi connectivity index (χ0v) is 12.7. The maximum absolute atomic E-state index is 4.00. The van der Waals surface area contributed by atoms with Crippen LogP contribution in [0.25, 0.3) is 0 Å². The van der Waals surface area contributed by atoms with Gasteiger partial charge in [0.1, 0.15) is 0 Å². The quantitative estimate of drug-likeness (QED) is 0.794. The smallest absolute Gasteiger partial charge is 0.0113 e. The zero-order valence-electron chi connectivity index (χ0n) is 12.7. The number of nitrogens with one attached hydrogen (secondary N) is 2. The average molecular weight is 264 g/mol. The summed E-state index contributed by atoms with van der Waals surface area (Å²) in [7, 11) is 0. The maximum Gasteiger partial charge on any atom is 0.0113 e. The molecule has 110 valence electrons. The van der Waals surface area contributed by atoms with Gasteiger partial charge in [-0.3, -0.25) is 0 Å². The van der Waals surface area contributed by atoms with Crippen LogP contribution in [0.2, 0.25) is 0 Å². The molecule has 3 fully saturated rings. The molecule has 1 saturated heterocycles. The lowest BCUT2D eigenvalue weighted by Crippen LogP contribution is -2.52. The van der Waals surface area contributed by atoms with Crippen LogP contribution in [0.4, 0.5) is 0 Å². The van der Waals surface area contributed by atoms with E-state index in [0.717, 1.165) is 30.0 Å². The molecule has 0 aromatic carbocycles. The lowest BCUT2D eigenvalue weighted by atomic mass is 9.77. The van der Waals surface area contributed by atoms with Crippen molar-refractivity contribution in [2.24, 2.45) is 11.8 Å². The Labute approximate surface area is 119 Å². The molecule has 1 heterocycles. The van der Waals surface area contributed by atoms with Crippen LogP contribution in [0.15, 0.2) is 0 Å². The topological polar surface area (TPSA) is 24.1 Å². The summed E-state index contributed by atoms with van der Waals surface area (Å²) in [6.45, 7) is 3.67. The summed E-state index contributed by atoms with van der Waals surface area (Å²) in [6, 6.07) is 2.33. The fraction of sp³-hybridized carbons (Fsp3) is 1.00. The minimum Gasteiger partial charge on any atom is -0.314 e. The Kier molecular flexibility index (Phi) is 4.81. The number of rotatable bonds is 5. The fourth-order valence-corrected chi connectivity index (χ4v) is 4.38. The molecule has 2 saturated carbocycles. The molecule has 2 N–H and O–H groups in total. The first-order chi connectivity index (χ1) is 9.33. The lowest BCUT2D eigenvalue weighted by Gasteiger charge is -2.41. The van der Waals surface area contributed by atoms with Gasteiger partial charge in [0.2, 0.25) is 0 Å².